The van der Waals surface area contributed by atoms with E-state index in [0.29, 0.717) is 6.42 Å². The number of carbonyl (C=O) groups excluding carboxylic acids is 4. The molecule has 0 saturated carbocycles. The molecule has 1 aliphatic heterocycles. The van der Waals surface area contributed by atoms with Crippen molar-refractivity contribution < 1.29 is 29.4 Å². The molecule has 50 heavy (non-hydrogen) atoms. The average Bonchev–Trinajstić information content (AvgIpc) is 3.59. The van der Waals surface area contributed by atoms with Crippen LogP contribution in [-0.4, -0.2) is 91.7 Å². The van der Waals surface area contributed by atoms with E-state index in [9.17, 15) is 29.4 Å². The van der Waals surface area contributed by atoms with Gasteiger partial charge in [-0.25, -0.2) is 0 Å². The molecule has 0 radical (unpaired) electrons. The highest BCUT2D eigenvalue weighted by Crippen LogP contribution is 2.41. The SMILES string of the molecule is CSC[C@H](NC(=O)Cc1ccccc1C)C(=O)N[C@@H](Cc1ccccc1)[C@H](O)C(=O)N1CSC(C)(C)[C@H]1C(=O)N[C@H]1c2ccccc2C[C@H]1O. The van der Waals surface area contributed by atoms with E-state index < -0.39 is 58.8 Å². The molecule has 0 unspecified atom stereocenters. The maximum atomic E-state index is 14.2. The molecule has 1 fully saturated rings. The Labute approximate surface area is 302 Å². The minimum Gasteiger partial charge on any atom is -0.390 e. The second kappa shape index (κ2) is 16.5. The second-order valence-corrected chi connectivity index (χ2v) is 16.0. The molecule has 0 bridgehead atoms. The second-order valence-electron chi connectivity index (χ2n) is 13.5. The van der Waals surface area contributed by atoms with Crippen molar-refractivity contribution in [3.8, 4) is 0 Å². The summed E-state index contributed by atoms with van der Waals surface area (Å²) in [5.74, 6) is -1.53. The Morgan fingerprint density at radius 3 is 2.38 bits per heavy atom. The van der Waals surface area contributed by atoms with Crippen LogP contribution in [0.4, 0.5) is 0 Å². The average molecular weight is 719 g/mol. The van der Waals surface area contributed by atoms with Crippen LogP contribution in [0.3, 0.4) is 0 Å². The van der Waals surface area contributed by atoms with Crippen molar-refractivity contribution in [3.63, 3.8) is 0 Å². The number of hydrogen-bond donors (Lipinski definition) is 5. The van der Waals surface area contributed by atoms with Crippen molar-refractivity contribution in [2.24, 2.45) is 0 Å². The summed E-state index contributed by atoms with van der Waals surface area (Å²) in [6.07, 6.45) is -0.0199. The van der Waals surface area contributed by atoms with Gasteiger partial charge in [-0.15, -0.1) is 11.8 Å². The maximum Gasteiger partial charge on any atom is 0.254 e. The number of aliphatic hydroxyl groups excluding tert-OH is 2. The van der Waals surface area contributed by atoms with E-state index in [2.05, 4.69) is 16.0 Å². The number of amides is 4. The number of fused-ring (bicyclic) bond motifs is 1. The molecule has 0 aromatic heterocycles. The Morgan fingerprint density at radius 2 is 1.66 bits per heavy atom. The van der Waals surface area contributed by atoms with Gasteiger partial charge in [-0.3, -0.25) is 19.2 Å². The standard InChI is InChI=1S/C38H46N4O6S2/c1-23-12-8-9-15-25(23)20-31(44)39-29(21-49-4)35(46)40-28(18-24-13-6-5-7-14-24)33(45)37(48)42-22-50-38(2,3)34(42)36(47)41-32-27-17-11-10-16-26(27)19-30(32)43/h5-17,28-30,32-34,43,45H,18-22H2,1-4H3,(H,39,44)(H,40,46)(H,41,47)/t28-,29-,30+,32-,33-,34+/m0/s1. The summed E-state index contributed by atoms with van der Waals surface area (Å²) in [4.78, 5) is 56.3. The Morgan fingerprint density at radius 1 is 0.980 bits per heavy atom. The number of thioether (sulfide) groups is 2. The summed E-state index contributed by atoms with van der Waals surface area (Å²) in [5.41, 5.74) is 4.41. The van der Waals surface area contributed by atoms with Crippen LogP contribution in [-0.2, 0) is 38.4 Å². The lowest BCUT2D eigenvalue weighted by Gasteiger charge is -2.34. The Kier molecular flexibility index (Phi) is 12.3. The Balaban J connectivity index is 1.34. The van der Waals surface area contributed by atoms with Crippen LogP contribution in [0.2, 0.25) is 0 Å². The van der Waals surface area contributed by atoms with E-state index in [0.717, 1.165) is 27.8 Å². The molecule has 5 N–H and O–H groups in total. The first-order chi connectivity index (χ1) is 23.9. The Hall–Kier alpha value is -3.84. The van der Waals surface area contributed by atoms with E-state index >= 15 is 0 Å². The third-order valence-electron chi connectivity index (χ3n) is 9.44. The van der Waals surface area contributed by atoms with Gasteiger partial charge in [-0.05, 0) is 61.3 Å². The summed E-state index contributed by atoms with van der Waals surface area (Å²) < 4.78 is -0.703. The van der Waals surface area contributed by atoms with Gasteiger partial charge in [0.05, 0.1) is 30.5 Å². The zero-order valence-corrected chi connectivity index (χ0v) is 30.4. The predicted molar refractivity (Wildman–Crippen MR) is 197 cm³/mol. The minimum absolute atomic E-state index is 0.106. The summed E-state index contributed by atoms with van der Waals surface area (Å²) in [7, 11) is 0. The predicted octanol–water partition coefficient (Wildman–Crippen LogP) is 2.93. The first-order valence-electron chi connectivity index (χ1n) is 16.8. The number of rotatable bonds is 13. The Bertz CT molecular complexity index is 1690. The molecule has 12 heteroatoms. The molecular formula is C38H46N4O6S2. The van der Waals surface area contributed by atoms with Crippen molar-refractivity contribution in [1.29, 1.82) is 0 Å². The molecule has 4 amide bonds. The fourth-order valence-corrected chi connectivity index (χ4v) is 8.41. The molecule has 3 aromatic rings. The van der Waals surface area contributed by atoms with Crippen LogP contribution in [0.1, 0.15) is 47.7 Å². The number of hydrogen-bond acceptors (Lipinski definition) is 8. The van der Waals surface area contributed by atoms with Crippen molar-refractivity contribution in [3.05, 3.63) is 107 Å². The highest BCUT2D eigenvalue weighted by Gasteiger charge is 2.51. The molecule has 1 saturated heterocycles. The van der Waals surface area contributed by atoms with Crippen LogP contribution >= 0.6 is 23.5 Å². The quantitative estimate of drug-likeness (QED) is 0.181. The third kappa shape index (κ3) is 8.71. The van der Waals surface area contributed by atoms with Crippen molar-refractivity contribution >= 4 is 47.2 Å². The summed E-state index contributed by atoms with van der Waals surface area (Å²) in [6.45, 7) is 5.67. The maximum absolute atomic E-state index is 14.2. The summed E-state index contributed by atoms with van der Waals surface area (Å²) in [5, 5.41) is 31.2. The smallest absolute Gasteiger partial charge is 0.254 e. The van der Waals surface area contributed by atoms with Gasteiger partial charge in [-0.2, -0.15) is 11.8 Å². The van der Waals surface area contributed by atoms with Gasteiger partial charge in [0.1, 0.15) is 12.1 Å². The fraction of sp³-hybridized carbons (Fsp3) is 0.421. The minimum atomic E-state index is -1.70. The van der Waals surface area contributed by atoms with Gasteiger partial charge in [0, 0.05) is 16.9 Å². The van der Waals surface area contributed by atoms with Gasteiger partial charge < -0.3 is 31.1 Å². The lowest BCUT2D eigenvalue weighted by molar-refractivity contribution is -0.148. The zero-order chi connectivity index (χ0) is 36.0. The van der Waals surface area contributed by atoms with E-state index in [1.165, 1.54) is 28.4 Å². The van der Waals surface area contributed by atoms with Crippen molar-refractivity contribution in [1.82, 2.24) is 20.9 Å². The number of nitrogens with one attached hydrogen (secondary N) is 3. The number of aryl methyl sites for hydroxylation is 1. The van der Waals surface area contributed by atoms with Gasteiger partial charge in [0.2, 0.25) is 17.7 Å². The highest BCUT2D eigenvalue weighted by atomic mass is 32.2. The van der Waals surface area contributed by atoms with Crippen LogP contribution in [0.15, 0.2) is 78.9 Å². The van der Waals surface area contributed by atoms with E-state index in [4.69, 9.17) is 0 Å². The zero-order valence-electron chi connectivity index (χ0n) is 28.8. The van der Waals surface area contributed by atoms with Crippen LogP contribution < -0.4 is 16.0 Å². The third-order valence-corrected chi connectivity index (χ3v) is 11.5. The summed E-state index contributed by atoms with van der Waals surface area (Å²) in [6, 6.07) is 20.8. The number of carbonyl (C=O) groups is 4. The van der Waals surface area contributed by atoms with E-state index in [1.807, 2.05) is 106 Å². The van der Waals surface area contributed by atoms with Crippen LogP contribution in [0.25, 0.3) is 0 Å². The number of aliphatic hydroxyl groups is 2. The monoisotopic (exact) mass is 718 g/mol. The molecule has 10 nitrogen and oxygen atoms in total. The topological polar surface area (TPSA) is 148 Å². The lowest BCUT2D eigenvalue weighted by atomic mass is 9.96. The normalized spacial score (nSPS) is 21.1. The van der Waals surface area contributed by atoms with Gasteiger partial charge in [0.15, 0.2) is 6.10 Å². The summed E-state index contributed by atoms with van der Waals surface area (Å²) >= 11 is 2.81. The van der Waals surface area contributed by atoms with Gasteiger partial charge in [0.25, 0.3) is 5.91 Å². The molecule has 0 spiro atoms. The van der Waals surface area contributed by atoms with Crippen molar-refractivity contribution in [2.75, 3.05) is 17.9 Å². The van der Waals surface area contributed by atoms with E-state index in [-0.39, 0.29) is 30.4 Å². The molecule has 3 aromatic carbocycles. The molecule has 1 aliphatic carbocycles. The highest BCUT2D eigenvalue weighted by molar-refractivity contribution is 8.00. The van der Waals surface area contributed by atoms with E-state index in [1.54, 1.807) is 0 Å². The number of benzene rings is 3. The molecule has 2 aliphatic rings. The molecule has 6 atom stereocenters. The van der Waals surface area contributed by atoms with Crippen LogP contribution in [0, 0.1) is 6.92 Å². The van der Waals surface area contributed by atoms with Crippen molar-refractivity contribution in [2.45, 2.75) is 81.2 Å². The molecule has 5 rings (SSSR count). The molecule has 1 heterocycles. The van der Waals surface area contributed by atoms with Gasteiger partial charge in [-0.1, -0.05) is 78.9 Å². The fourth-order valence-electron chi connectivity index (χ4n) is 6.70. The molecule has 266 valence electrons. The first-order valence-corrected chi connectivity index (χ1v) is 19.1. The first kappa shape index (κ1) is 37.4. The van der Waals surface area contributed by atoms with Gasteiger partial charge >= 0.3 is 0 Å². The largest absolute Gasteiger partial charge is 0.390 e. The lowest BCUT2D eigenvalue weighted by Crippen LogP contribution is -2.60. The van der Waals surface area contributed by atoms with Crippen LogP contribution in [0.5, 0.6) is 0 Å². The number of nitrogens with zero attached hydrogens (tertiary/aromatic N) is 1. The molecular weight excluding hydrogens is 673 g/mol.